The van der Waals surface area contributed by atoms with Crippen LogP contribution < -0.4 is 26.2 Å². The van der Waals surface area contributed by atoms with E-state index in [9.17, 15) is 14.4 Å². The van der Waals surface area contributed by atoms with E-state index >= 15 is 0 Å². The van der Waals surface area contributed by atoms with Crippen LogP contribution in [0.4, 0.5) is 32.3 Å². The van der Waals surface area contributed by atoms with Gasteiger partial charge in [-0.05, 0) is 48.9 Å². The number of hydrogen-bond acceptors (Lipinski definition) is 4. The molecule has 0 bridgehead atoms. The molecule has 0 unspecified atom stereocenters. The average molecular weight is 487 g/mol. The Balaban J connectivity index is 1.24. The summed E-state index contributed by atoms with van der Waals surface area (Å²) in [4.78, 5) is 41.3. The van der Waals surface area contributed by atoms with E-state index in [0.29, 0.717) is 30.2 Å². The molecule has 0 atom stereocenters. The fourth-order valence-electron chi connectivity index (χ4n) is 3.94. The van der Waals surface area contributed by atoms with Crippen molar-refractivity contribution in [1.29, 1.82) is 0 Å². The molecule has 0 radical (unpaired) electrons. The van der Waals surface area contributed by atoms with Gasteiger partial charge in [-0.15, -0.1) is 0 Å². The van der Waals surface area contributed by atoms with E-state index < -0.39 is 12.1 Å². The van der Waals surface area contributed by atoms with Gasteiger partial charge < -0.3 is 31.1 Å². The molecule has 0 spiro atoms. The normalized spacial score (nSPS) is 13.0. The number of hydrogen-bond donors (Lipinski definition) is 4. The van der Waals surface area contributed by atoms with Crippen molar-refractivity contribution in [2.24, 2.45) is 0 Å². The number of piperazine rings is 1. The summed E-state index contributed by atoms with van der Waals surface area (Å²) in [5, 5.41) is 10.9. The van der Waals surface area contributed by atoms with Gasteiger partial charge in [0.2, 0.25) is 5.91 Å². The number of carbonyl (C=O) groups excluding carboxylic acids is 3. The molecular formula is C27H30N6O3. The zero-order valence-electron chi connectivity index (χ0n) is 20.2. The van der Waals surface area contributed by atoms with E-state index in [4.69, 9.17) is 0 Å². The van der Waals surface area contributed by atoms with Gasteiger partial charge in [-0.2, -0.15) is 0 Å². The maximum atomic E-state index is 12.6. The Morgan fingerprint density at radius 1 is 0.722 bits per heavy atom. The Bertz CT molecular complexity index is 1190. The van der Waals surface area contributed by atoms with Crippen molar-refractivity contribution in [2.75, 3.05) is 53.6 Å². The summed E-state index contributed by atoms with van der Waals surface area (Å²) in [6.07, 6.45) is 0. The summed E-state index contributed by atoms with van der Waals surface area (Å²) in [5.41, 5.74) is 3.70. The van der Waals surface area contributed by atoms with Crippen LogP contribution in [-0.2, 0) is 4.79 Å². The number of benzene rings is 3. The minimum atomic E-state index is -0.486. The van der Waals surface area contributed by atoms with Crippen molar-refractivity contribution < 1.29 is 14.4 Å². The van der Waals surface area contributed by atoms with Crippen LogP contribution in [0.1, 0.15) is 5.56 Å². The van der Waals surface area contributed by atoms with Crippen molar-refractivity contribution >= 4 is 40.7 Å². The third-order valence-electron chi connectivity index (χ3n) is 5.93. The van der Waals surface area contributed by atoms with Crippen molar-refractivity contribution in [3.63, 3.8) is 0 Å². The number of carbonyl (C=O) groups is 3. The SMILES string of the molecule is Cc1ccc(NC(=O)Nc2ccccc2)cc1NC(=O)NCC(=O)N1CCN(c2ccccc2)CC1. The Kier molecular flexibility index (Phi) is 8.02. The van der Waals surface area contributed by atoms with E-state index in [1.807, 2.05) is 43.3 Å². The molecule has 1 aliphatic rings. The van der Waals surface area contributed by atoms with Gasteiger partial charge in [-0.25, -0.2) is 9.59 Å². The molecule has 0 aliphatic carbocycles. The van der Waals surface area contributed by atoms with Crippen LogP contribution in [0, 0.1) is 6.92 Å². The van der Waals surface area contributed by atoms with Crippen LogP contribution in [0.25, 0.3) is 0 Å². The molecule has 9 heteroatoms. The quantitative estimate of drug-likeness (QED) is 0.421. The lowest BCUT2D eigenvalue weighted by molar-refractivity contribution is -0.130. The maximum absolute atomic E-state index is 12.6. The molecule has 3 aromatic carbocycles. The highest BCUT2D eigenvalue weighted by atomic mass is 16.2. The van der Waals surface area contributed by atoms with Crippen molar-refractivity contribution in [3.8, 4) is 0 Å². The first-order valence-electron chi connectivity index (χ1n) is 11.8. The van der Waals surface area contributed by atoms with E-state index in [0.717, 1.165) is 24.3 Å². The molecule has 4 N–H and O–H groups in total. The van der Waals surface area contributed by atoms with E-state index in [2.05, 4.69) is 38.3 Å². The number of nitrogens with zero attached hydrogens (tertiary/aromatic N) is 2. The van der Waals surface area contributed by atoms with E-state index in [1.165, 1.54) is 0 Å². The zero-order valence-corrected chi connectivity index (χ0v) is 20.2. The average Bonchev–Trinajstić information content (AvgIpc) is 2.90. The van der Waals surface area contributed by atoms with Crippen LogP contribution in [0.5, 0.6) is 0 Å². The Hall–Kier alpha value is -4.53. The minimum Gasteiger partial charge on any atom is -0.368 e. The largest absolute Gasteiger partial charge is 0.368 e. The molecule has 3 aromatic rings. The first-order valence-corrected chi connectivity index (χ1v) is 11.8. The Morgan fingerprint density at radius 3 is 2.06 bits per heavy atom. The van der Waals surface area contributed by atoms with Gasteiger partial charge in [0.15, 0.2) is 0 Å². The molecule has 186 valence electrons. The number of anilines is 4. The molecule has 5 amide bonds. The molecule has 36 heavy (non-hydrogen) atoms. The van der Waals surface area contributed by atoms with Crippen molar-refractivity contribution in [3.05, 3.63) is 84.4 Å². The fourth-order valence-corrected chi connectivity index (χ4v) is 3.94. The number of urea groups is 2. The van der Waals surface area contributed by atoms with Crippen LogP contribution in [-0.4, -0.2) is 55.6 Å². The molecule has 1 aliphatic heterocycles. The summed E-state index contributed by atoms with van der Waals surface area (Å²) < 4.78 is 0. The third kappa shape index (κ3) is 6.75. The summed E-state index contributed by atoms with van der Waals surface area (Å²) in [6, 6.07) is 23.6. The zero-order chi connectivity index (χ0) is 25.3. The van der Waals surface area contributed by atoms with Crippen LogP contribution in [0.15, 0.2) is 78.9 Å². The predicted molar refractivity (Wildman–Crippen MR) is 143 cm³/mol. The van der Waals surface area contributed by atoms with Gasteiger partial charge in [-0.1, -0.05) is 42.5 Å². The lowest BCUT2D eigenvalue weighted by Gasteiger charge is -2.36. The number of rotatable bonds is 6. The Morgan fingerprint density at radius 2 is 1.36 bits per heavy atom. The summed E-state index contributed by atoms with van der Waals surface area (Å²) in [5.74, 6) is -0.123. The second kappa shape index (κ2) is 11.7. The first-order chi connectivity index (χ1) is 17.5. The van der Waals surface area contributed by atoms with Gasteiger partial charge >= 0.3 is 12.1 Å². The van der Waals surface area contributed by atoms with Crippen LogP contribution in [0.2, 0.25) is 0 Å². The van der Waals surface area contributed by atoms with Gasteiger partial charge in [0.25, 0.3) is 0 Å². The maximum Gasteiger partial charge on any atom is 0.323 e. The molecule has 1 fully saturated rings. The summed E-state index contributed by atoms with van der Waals surface area (Å²) in [7, 11) is 0. The van der Waals surface area contributed by atoms with Gasteiger partial charge in [-0.3, -0.25) is 4.79 Å². The molecular weight excluding hydrogens is 456 g/mol. The lowest BCUT2D eigenvalue weighted by atomic mass is 10.2. The second-order valence-corrected chi connectivity index (χ2v) is 8.49. The Labute approximate surface area is 210 Å². The van der Waals surface area contributed by atoms with Crippen molar-refractivity contribution in [2.45, 2.75) is 6.92 Å². The van der Waals surface area contributed by atoms with Crippen LogP contribution >= 0.6 is 0 Å². The monoisotopic (exact) mass is 486 g/mol. The van der Waals surface area contributed by atoms with Gasteiger partial charge in [0.1, 0.15) is 0 Å². The molecule has 4 rings (SSSR count). The molecule has 0 saturated carbocycles. The number of para-hydroxylation sites is 2. The highest BCUT2D eigenvalue weighted by Gasteiger charge is 2.21. The molecule has 0 aromatic heterocycles. The number of amides is 5. The number of aryl methyl sites for hydroxylation is 1. The fraction of sp³-hybridized carbons (Fsp3) is 0.222. The number of nitrogens with one attached hydrogen (secondary N) is 4. The minimum absolute atomic E-state index is 0.0896. The molecule has 9 nitrogen and oxygen atoms in total. The second-order valence-electron chi connectivity index (χ2n) is 8.49. The van der Waals surface area contributed by atoms with E-state index in [-0.39, 0.29) is 12.5 Å². The first kappa shape index (κ1) is 24.6. The molecule has 1 saturated heterocycles. The predicted octanol–water partition coefficient (Wildman–Crippen LogP) is 4.11. The molecule has 1 heterocycles. The summed E-state index contributed by atoms with van der Waals surface area (Å²) in [6.45, 7) is 4.47. The lowest BCUT2D eigenvalue weighted by Crippen LogP contribution is -2.51. The van der Waals surface area contributed by atoms with Crippen LogP contribution in [0.3, 0.4) is 0 Å². The highest BCUT2D eigenvalue weighted by Crippen LogP contribution is 2.21. The van der Waals surface area contributed by atoms with Crippen molar-refractivity contribution in [1.82, 2.24) is 10.2 Å². The standard InChI is InChI=1S/C27H30N6O3/c1-20-12-13-22(30-27(36)29-21-8-4-2-5-9-21)18-24(20)31-26(35)28-19-25(34)33-16-14-32(15-17-33)23-10-6-3-7-11-23/h2-13,18H,14-17,19H2,1H3,(H2,28,31,35)(H2,29,30,36). The topological polar surface area (TPSA) is 106 Å². The van der Waals surface area contributed by atoms with Gasteiger partial charge in [0, 0.05) is 48.9 Å². The summed E-state index contributed by atoms with van der Waals surface area (Å²) >= 11 is 0. The van der Waals surface area contributed by atoms with E-state index in [1.54, 1.807) is 35.2 Å². The smallest absolute Gasteiger partial charge is 0.323 e. The highest BCUT2D eigenvalue weighted by molar-refractivity contribution is 6.00. The third-order valence-corrected chi connectivity index (χ3v) is 5.93. The van der Waals surface area contributed by atoms with Gasteiger partial charge in [0.05, 0.1) is 6.54 Å².